The van der Waals surface area contributed by atoms with Crippen LogP contribution in [0.5, 0.6) is 5.75 Å². The molecule has 0 aliphatic carbocycles. The second kappa shape index (κ2) is 5.98. The van der Waals surface area contributed by atoms with E-state index in [2.05, 4.69) is 4.98 Å². The molecule has 0 fully saturated rings. The average molecular weight is 336 g/mol. The van der Waals surface area contributed by atoms with Gasteiger partial charge in [0.1, 0.15) is 11.4 Å². The maximum atomic E-state index is 6.00. The Morgan fingerprint density at radius 1 is 0.958 bits per heavy atom. The Balaban J connectivity index is 1.89. The number of hydrogen-bond donors (Lipinski definition) is 0. The fourth-order valence-corrected chi connectivity index (χ4v) is 2.76. The number of methoxy groups -OCH3 is 1. The van der Waals surface area contributed by atoms with Crippen LogP contribution in [0.2, 0.25) is 5.02 Å². The van der Waals surface area contributed by atoms with Gasteiger partial charge in [-0.05, 0) is 36.4 Å². The summed E-state index contributed by atoms with van der Waals surface area (Å²) in [6, 6.07) is 15.5. The lowest BCUT2D eigenvalue weighted by Crippen LogP contribution is -1.96. The van der Waals surface area contributed by atoms with Crippen molar-refractivity contribution in [1.82, 2.24) is 14.4 Å². The zero-order valence-corrected chi connectivity index (χ0v) is 13.7. The lowest BCUT2D eigenvalue weighted by atomic mass is 10.1. The maximum Gasteiger partial charge on any atom is 0.163 e. The van der Waals surface area contributed by atoms with Gasteiger partial charge in [0.2, 0.25) is 0 Å². The van der Waals surface area contributed by atoms with Crippen LogP contribution in [-0.4, -0.2) is 21.5 Å². The Morgan fingerprint density at radius 2 is 1.67 bits per heavy atom. The summed E-state index contributed by atoms with van der Waals surface area (Å²) in [5.41, 5.74) is 4.50. The highest BCUT2D eigenvalue weighted by atomic mass is 35.5. The molecule has 0 saturated heterocycles. The van der Waals surface area contributed by atoms with Gasteiger partial charge >= 0.3 is 0 Å². The van der Waals surface area contributed by atoms with E-state index in [9.17, 15) is 0 Å². The first kappa shape index (κ1) is 14.7. The molecule has 0 aliphatic heterocycles. The lowest BCUT2D eigenvalue weighted by Gasteiger charge is -2.09. The van der Waals surface area contributed by atoms with Crippen LogP contribution in [0, 0.1) is 0 Å². The topological polar surface area (TPSA) is 39.4 Å². The van der Waals surface area contributed by atoms with E-state index in [0.29, 0.717) is 5.02 Å². The Morgan fingerprint density at radius 3 is 2.38 bits per heavy atom. The molecule has 0 N–H and O–H groups in total. The summed E-state index contributed by atoms with van der Waals surface area (Å²) in [4.78, 5) is 9.26. The minimum atomic E-state index is 0.699. The molecule has 4 aromatic rings. The van der Waals surface area contributed by atoms with Gasteiger partial charge in [-0.15, -0.1) is 0 Å². The molecule has 2 heterocycles. The monoisotopic (exact) mass is 335 g/mol. The number of imidazole rings is 1. The standard InChI is InChI=1S/C19H14ClN3O/c1-24-16-8-4-13(5-9-16)17-12-23-11-10-21-19(23)18(22-17)14-2-6-15(20)7-3-14/h2-12H,1H3. The summed E-state index contributed by atoms with van der Waals surface area (Å²) in [5, 5.41) is 0.699. The summed E-state index contributed by atoms with van der Waals surface area (Å²) >= 11 is 6.00. The predicted molar refractivity (Wildman–Crippen MR) is 95.4 cm³/mol. The van der Waals surface area contributed by atoms with E-state index in [0.717, 1.165) is 33.9 Å². The highest BCUT2D eigenvalue weighted by Gasteiger charge is 2.11. The largest absolute Gasteiger partial charge is 0.497 e. The van der Waals surface area contributed by atoms with E-state index in [1.807, 2.05) is 65.3 Å². The average Bonchev–Trinajstić information content (AvgIpc) is 3.10. The zero-order chi connectivity index (χ0) is 16.5. The third-order valence-corrected chi connectivity index (χ3v) is 4.13. The number of nitrogens with zero attached hydrogens (tertiary/aromatic N) is 3. The lowest BCUT2D eigenvalue weighted by molar-refractivity contribution is 0.415. The SMILES string of the molecule is COc1ccc(-c2cn3ccnc3c(-c3ccc(Cl)cc3)n2)cc1. The normalized spacial score (nSPS) is 10.9. The summed E-state index contributed by atoms with van der Waals surface area (Å²) in [6.45, 7) is 0. The molecule has 0 atom stereocenters. The van der Waals surface area contributed by atoms with Gasteiger partial charge in [0.05, 0.1) is 12.8 Å². The smallest absolute Gasteiger partial charge is 0.163 e. The molecular formula is C19H14ClN3O. The van der Waals surface area contributed by atoms with E-state index in [4.69, 9.17) is 21.3 Å². The summed E-state index contributed by atoms with van der Waals surface area (Å²) in [7, 11) is 1.66. The highest BCUT2D eigenvalue weighted by Crippen LogP contribution is 2.28. The van der Waals surface area contributed by atoms with Gasteiger partial charge < -0.3 is 9.14 Å². The quantitative estimate of drug-likeness (QED) is 0.543. The Hall–Kier alpha value is -2.85. The van der Waals surface area contributed by atoms with Crippen molar-refractivity contribution in [2.75, 3.05) is 7.11 Å². The number of halogens is 1. The fraction of sp³-hybridized carbons (Fsp3) is 0.0526. The van der Waals surface area contributed by atoms with Crippen LogP contribution in [-0.2, 0) is 0 Å². The summed E-state index contributed by atoms with van der Waals surface area (Å²) in [6.07, 6.45) is 5.67. The van der Waals surface area contributed by atoms with E-state index in [-0.39, 0.29) is 0 Å². The van der Waals surface area contributed by atoms with Gasteiger partial charge in [0.15, 0.2) is 5.65 Å². The van der Waals surface area contributed by atoms with Crippen molar-refractivity contribution in [3.8, 4) is 28.3 Å². The molecule has 0 radical (unpaired) electrons. The molecule has 2 aromatic carbocycles. The minimum absolute atomic E-state index is 0.699. The van der Waals surface area contributed by atoms with Gasteiger partial charge in [-0.3, -0.25) is 0 Å². The second-order valence-corrected chi connectivity index (χ2v) is 5.80. The number of aromatic nitrogens is 3. The predicted octanol–water partition coefficient (Wildman–Crippen LogP) is 4.73. The molecule has 118 valence electrons. The van der Waals surface area contributed by atoms with Crippen molar-refractivity contribution in [3.63, 3.8) is 0 Å². The van der Waals surface area contributed by atoms with Crippen LogP contribution in [0.1, 0.15) is 0 Å². The van der Waals surface area contributed by atoms with Crippen molar-refractivity contribution in [2.24, 2.45) is 0 Å². The molecule has 2 aromatic heterocycles. The molecular weight excluding hydrogens is 322 g/mol. The van der Waals surface area contributed by atoms with Gasteiger partial charge in [-0.2, -0.15) is 0 Å². The number of benzene rings is 2. The number of hydrogen-bond acceptors (Lipinski definition) is 3. The minimum Gasteiger partial charge on any atom is -0.497 e. The van der Waals surface area contributed by atoms with Gasteiger partial charge in [-0.25, -0.2) is 9.97 Å². The van der Waals surface area contributed by atoms with Crippen LogP contribution < -0.4 is 4.74 Å². The van der Waals surface area contributed by atoms with Crippen LogP contribution in [0.15, 0.2) is 67.1 Å². The first-order chi connectivity index (χ1) is 11.7. The number of rotatable bonds is 3. The molecule has 4 nitrogen and oxygen atoms in total. The van der Waals surface area contributed by atoms with E-state index >= 15 is 0 Å². The molecule has 0 aliphatic rings. The van der Waals surface area contributed by atoms with Crippen molar-refractivity contribution in [2.45, 2.75) is 0 Å². The Kier molecular flexibility index (Phi) is 3.67. The van der Waals surface area contributed by atoms with Crippen molar-refractivity contribution in [1.29, 1.82) is 0 Å². The number of fused-ring (bicyclic) bond motifs is 1. The molecule has 0 bridgehead atoms. The third kappa shape index (κ3) is 2.61. The maximum absolute atomic E-state index is 6.00. The van der Waals surface area contributed by atoms with Gasteiger partial charge in [0.25, 0.3) is 0 Å². The van der Waals surface area contributed by atoms with Crippen molar-refractivity contribution in [3.05, 3.63) is 72.1 Å². The van der Waals surface area contributed by atoms with Gasteiger partial charge in [-0.1, -0.05) is 23.7 Å². The molecule has 0 unspecified atom stereocenters. The summed E-state index contributed by atoms with van der Waals surface area (Å²) in [5.74, 6) is 0.820. The number of ether oxygens (including phenoxy) is 1. The van der Waals surface area contributed by atoms with Crippen LogP contribution in [0.3, 0.4) is 0 Å². The molecule has 5 heteroatoms. The fourth-order valence-electron chi connectivity index (χ4n) is 2.63. The van der Waals surface area contributed by atoms with E-state index in [1.165, 1.54) is 0 Å². The molecule has 0 saturated carbocycles. The van der Waals surface area contributed by atoms with Crippen LogP contribution in [0.25, 0.3) is 28.2 Å². The molecule has 24 heavy (non-hydrogen) atoms. The zero-order valence-electron chi connectivity index (χ0n) is 13.0. The van der Waals surface area contributed by atoms with E-state index < -0.39 is 0 Å². The third-order valence-electron chi connectivity index (χ3n) is 3.88. The van der Waals surface area contributed by atoms with Crippen molar-refractivity contribution < 1.29 is 4.74 Å². The Labute approximate surface area is 144 Å². The van der Waals surface area contributed by atoms with Crippen molar-refractivity contribution >= 4 is 17.2 Å². The Bertz CT molecular complexity index is 991. The second-order valence-electron chi connectivity index (χ2n) is 5.37. The first-order valence-corrected chi connectivity index (χ1v) is 7.86. The van der Waals surface area contributed by atoms with E-state index in [1.54, 1.807) is 13.3 Å². The van der Waals surface area contributed by atoms with Crippen LogP contribution in [0.4, 0.5) is 0 Å². The molecule has 0 spiro atoms. The van der Waals surface area contributed by atoms with Gasteiger partial charge in [0, 0.05) is 34.7 Å². The first-order valence-electron chi connectivity index (χ1n) is 7.49. The molecule has 0 amide bonds. The van der Waals surface area contributed by atoms with Crippen LogP contribution >= 0.6 is 11.6 Å². The summed E-state index contributed by atoms with van der Waals surface area (Å²) < 4.78 is 7.20. The molecule has 4 rings (SSSR count). The highest BCUT2D eigenvalue weighted by molar-refractivity contribution is 6.30.